The third kappa shape index (κ3) is 3.65. The summed E-state index contributed by atoms with van der Waals surface area (Å²) in [6.45, 7) is 4.26. The van der Waals surface area contributed by atoms with Crippen molar-refractivity contribution in [2.24, 2.45) is 0 Å². The van der Waals surface area contributed by atoms with Crippen LogP contribution in [0.5, 0.6) is 0 Å². The van der Waals surface area contributed by atoms with Crippen LogP contribution in [0.2, 0.25) is 0 Å². The molecule has 1 heterocycles. The van der Waals surface area contributed by atoms with Gasteiger partial charge in [-0.2, -0.15) is 0 Å². The molecule has 0 unspecified atom stereocenters. The lowest BCUT2D eigenvalue weighted by Crippen LogP contribution is -2.24. The molecule has 0 fully saturated rings. The average molecular weight is 370 g/mol. The zero-order valence-corrected chi connectivity index (χ0v) is 15.7. The lowest BCUT2D eigenvalue weighted by molar-refractivity contribution is -0.120. The Kier molecular flexibility index (Phi) is 5.13. The fourth-order valence-corrected chi connectivity index (χ4v) is 4.15. The standard InChI is InChI=1S/C20H22N2O3S/c1-3-20(23)21-12-10-16-6-7-17-11-13-22(19(17)14-16)26(24,25)18-8-4-15(2)5-9-18/h4-9,11,13-14H,3,10,12H2,1-2H3,(H,21,23). The summed E-state index contributed by atoms with van der Waals surface area (Å²) in [6.07, 6.45) is 2.69. The van der Waals surface area contributed by atoms with Crippen molar-refractivity contribution >= 4 is 26.8 Å². The number of amides is 1. The van der Waals surface area contributed by atoms with Crippen LogP contribution < -0.4 is 5.32 Å². The molecule has 1 N–H and O–H groups in total. The predicted molar refractivity (Wildman–Crippen MR) is 103 cm³/mol. The van der Waals surface area contributed by atoms with E-state index in [-0.39, 0.29) is 10.8 Å². The van der Waals surface area contributed by atoms with Crippen molar-refractivity contribution in [2.45, 2.75) is 31.6 Å². The first-order chi connectivity index (χ1) is 12.4. The van der Waals surface area contributed by atoms with Gasteiger partial charge >= 0.3 is 0 Å². The summed E-state index contributed by atoms with van der Waals surface area (Å²) in [5.41, 5.74) is 2.63. The highest BCUT2D eigenvalue weighted by molar-refractivity contribution is 7.90. The van der Waals surface area contributed by atoms with E-state index in [0.717, 1.165) is 16.5 Å². The molecule has 3 aromatic rings. The van der Waals surface area contributed by atoms with Crippen molar-refractivity contribution in [3.05, 3.63) is 65.9 Å². The van der Waals surface area contributed by atoms with Crippen molar-refractivity contribution in [2.75, 3.05) is 6.54 Å². The number of rotatable bonds is 6. The normalized spacial score (nSPS) is 11.6. The van der Waals surface area contributed by atoms with Crippen LogP contribution in [0.4, 0.5) is 0 Å². The summed E-state index contributed by atoms with van der Waals surface area (Å²) in [5.74, 6) is 0.0106. The van der Waals surface area contributed by atoms with E-state index in [1.165, 1.54) is 3.97 Å². The minimum Gasteiger partial charge on any atom is -0.356 e. The average Bonchev–Trinajstić information content (AvgIpc) is 3.06. The van der Waals surface area contributed by atoms with Crippen LogP contribution in [0.25, 0.3) is 10.9 Å². The van der Waals surface area contributed by atoms with Gasteiger partial charge in [-0.25, -0.2) is 12.4 Å². The second kappa shape index (κ2) is 7.33. The van der Waals surface area contributed by atoms with Crippen molar-refractivity contribution in [1.29, 1.82) is 0 Å². The minimum atomic E-state index is -3.65. The molecule has 1 amide bonds. The number of aromatic nitrogens is 1. The SMILES string of the molecule is CCC(=O)NCCc1ccc2ccn(S(=O)(=O)c3ccc(C)cc3)c2c1. The Morgan fingerprint density at radius 3 is 2.50 bits per heavy atom. The monoisotopic (exact) mass is 370 g/mol. The van der Waals surface area contributed by atoms with E-state index in [4.69, 9.17) is 0 Å². The minimum absolute atomic E-state index is 0.0106. The predicted octanol–water partition coefficient (Wildman–Crippen LogP) is 3.26. The second-order valence-corrected chi connectivity index (χ2v) is 8.09. The molecule has 0 aliphatic rings. The Balaban J connectivity index is 1.92. The number of nitrogens with one attached hydrogen (secondary N) is 1. The quantitative estimate of drug-likeness (QED) is 0.724. The van der Waals surface area contributed by atoms with E-state index in [0.29, 0.717) is 24.9 Å². The third-order valence-electron chi connectivity index (χ3n) is 4.36. The van der Waals surface area contributed by atoms with Crippen LogP contribution in [0.3, 0.4) is 0 Å². The van der Waals surface area contributed by atoms with Gasteiger partial charge in [-0.05, 0) is 43.2 Å². The van der Waals surface area contributed by atoms with Crippen LogP contribution in [0, 0.1) is 6.92 Å². The smallest absolute Gasteiger partial charge is 0.268 e. The largest absolute Gasteiger partial charge is 0.356 e. The van der Waals surface area contributed by atoms with Gasteiger partial charge in [0.25, 0.3) is 10.0 Å². The molecule has 26 heavy (non-hydrogen) atoms. The molecule has 3 rings (SSSR count). The van der Waals surface area contributed by atoms with Gasteiger partial charge in [0, 0.05) is 24.5 Å². The van der Waals surface area contributed by atoms with E-state index in [1.807, 2.05) is 32.0 Å². The highest BCUT2D eigenvalue weighted by Crippen LogP contribution is 2.23. The van der Waals surface area contributed by atoms with Gasteiger partial charge in [0.15, 0.2) is 0 Å². The van der Waals surface area contributed by atoms with Gasteiger partial charge in [0.05, 0.1) is 10.4 Å². The topological polar surface area (TPSA) is 68.2 Å². The number of nitrogens with zero attached hydrogens (tertiary/aromatic N) is 1. The molecule has 0 spiro atoms. The Labute approximate surface area is 153 Å². The Morgan fingerprint density at radius 1 is 1.08 bits per heavy atom. The van der Waals surface area contributed by atoms with Crippen molar-refractivity contribution in [3.8, 4) is 0 Å². The molecule has 136 valence electrons. The van der Waals surface area contributed by atoms with Crippen LogP contribution in [0.15, 0.2) is 59.6 Å². The van der Waals surface area contributed by atoms with Gasteiger partial charge in [-0.3, -0.25) is 4.79 Å². The summed E-state index contributed by atoms with van der Waals surface area (Å²) >= 11 is 0. The van der Waals surface area contributed by atoms with Crippen molar-refractivity contribution in [3.63, 3.8) is 0 Å². The number of hydrogen-bond acceptors (Lipinski definition) is 3. The van der Waals surface area contributed by atoms with Gasteiger partial charge in [-0.15, -0.1) is 0 Å². The van der Waals surface area contributed by atoms with Crippen LogP contribution in [-0.4, -0.2) is 24.8 Å². The van der Waals surface area contributed by atoms with E-state index >= 15 is 0 Å². The van der Waals surface area contributed by atoms with E-state index in [9.17, 15) is 13.2 Å². The lowest BCUT2D eigenvalue weighted by Gasteiger charge is -2.09. The molecular weight excluding hydrogens is 348 g/mol. The Morgan fingerprint density at radius 2 is 1.81 bits per heavy atom. The van der Waals surface area contributed by atoms with Gasteiger partial charge in [-0.1, -0.05) is 36.8 Å². The highest BCUT2D eigenvalue weighted by atomic mass is 32.2. The molecule has 0 aliphatic carbocycles. The molecule has 0 radical (unpaired) electrons. The number of carbonyl (C=O) groups is 1. The van der Waals surface area contributed by atoms with Gasteiger partial charge in [0.2, 0.25) is 5.91 Å². The molecular formula is C20H22N2O3S. The fourth-order valence-electron chi connectivity index (χ4n) is 2.81. The summed E-state index contributed by atoms with van der Waals surface area (Å²) in [5, 5.41) is 3.70. The highest BCUT2D eigenvalue weighted by Gasteiger charge is 2.18. The van der Waals surface area contributed by atoms with Crippen LogP contribution >= 0.6 is 0 Å². The van der Waals surface area contributed by atoms with Crippen molar-refractivity contribution < 1.29 is 13.2 Å². The second-order valence-electron chi connectivity index (χ2n) is 6.28. The summed E-state index contributed by atoms with van der Waals surface area (Å²) in [6, 6.07) is 14.4. The summed E-state index contributed by atoms with van der Waals surface area (Å²) < 4.78 is 27.3. The maximum absolute atomic E-state index is 13.0. The van der Waals surface area contributed by atoms with Crippen LogP contribution in [-0.2, 0) is 21.2 Å². The molecule has 1 aromatic heterocycles. The number of fused-ring (bicyclic) bond motifs is 1. The molecule has 2 aromatic carbocycles. The molecule has 0 aliphatic heterocycles. The molecule has 0 bridgehead atoms. The van der Waals surface area contributed by atoms with Gasteiger partial charge in [0.1, 0.15) is 0 Å². The summed E-state index contributed by atoms with van der Waals surface area (Å²) in [7, 11) is -3.65. The van der Waals surface area contributed by atoms with E-state index < -0.39 is 10.0 Å². The molecule has 6 heteroatoms. The Hall–Kier alpha value is -2.60. The maximum Gasteiger partial charge on any atom is 0.268 e. The van der Waals surface area contributed by atoms with Gasteiger partial charge < -0.3 is 5.32 Å². The number of aryl methyl sites for hydroxylation is 1. The molecule has 0 saturated carbocycles. The van der Waals surface area contributed by atoms with E-state index in [2.05, 4.69) is 5.32 Å². The van der Waals surface area contributed by atoms with E-state index in [1.54, 1.807) is 36.5 Å². The molecule has 0 atom stereocenters. The zero-order valence-electron chi connectivity index (χ0n) is 14.9. The third-order valence-corrected chi connectivity index (χ3v) is 6.06. The van der Waals surface area contributed by atoms with Crippen LogP contribution in [0.1, 0.15) is 24.5 Å². The number of benzene rings is 2. The molecule has 5 nitrogen and oxygen atoms in total. The first-order valence-electron chi connectivity index (χ1n) is 8.61. The first kappa shape index (κ1) is 18.2. The lowest BCUT2D eigenvalue weighted by atomic mass is 10.1. The Bertz CT molecular complexity index is 1030. The maximum atomic E-state index is 13.0. The number of hydrogen-bond donors (Lipinski definition) is 1. The summed E-state index contributed by atoms with van der Waals surface area (Å²) in [4.78, 5) is 11.6. The fraction of sp³-hybridized carbons (Fsp3) is 0.250. The zero-order chi connectivity index (χ0) is 18.7. The number of carbonyl (C=O) groups excluding carboxylic acids is 1. The first-order valence-corrected chi connectivity index (χ1v) is 10.0. The van der Waals surface area contributed by atoms with Crippen molar-refractivity contribution in [1.82, 2.24) is 9.29 Å². The molecule has 0 saturated heterocycles.